The standard InChI is InChI=1S/C27H24F6N2O.CF2O/c1-25(2,22-12-7-13-23(34-22)27(31,32)33)16-18-15-21(17-8-6-9-19(14-17)26(28,29)30)35(24(18)36)20-10-4-3-5-11-20;2-1(3)4/h3-14,18,21H,15-16H2,1-2H3;/t18-,21+;/m0./s1. The zero-order valence-electron chi connectivity index (χ0n) is 21.2. The van der Waals surface area contributed by atoms with Crippen molar-refractivity contribution in [3.8, 4) is 0 Å². The van der Waals surface area contributed by atoms with Crippen LogP contribution in [0.15, 0.2) is 72.8 Å². The van der Waals surface area contributed by atoms with Crippen LogP contribution in [0.25, 0.3) is 0 Å². The maximum atomic E-state index is 13.6. The quantitative estimate of drug-likeness (QED) is 0.227. The van der Waals surface area contributed by atoms with Gasteiger partial charge >= 0.3 is 18.6 Å². The van der Waals surface area contributed by atoms with Gasteiger partial charge in [-0.15, -0.1) is 8.78 Å². The van der Waals surface area contributed by atoms with Crippen molar-refractivity contribution in [3.63, 3.8) is 0 Å². The van der Waals surface area contributed by atoms with Gasteiger partial charge in [-0.25, -0.2) is 9.78 Å². The lowest BCUT2D eigenvalue weighted by Crippen LogP contribution is -2.32. The average molecular weight is 572 g/mol. The normalized spacial score (nSPS) is 17.9. The number of para-hydroxylation sites is 1. The maximum Gasteiger partial charge on any atom is 0.483 e. The Balaban J connectivity index is 0.00000103. The molecule has 0 aliphatic carbocycles. The van der Waals surface area contributed by atoms with Crippen molar-refractivity contribution in [1.82, 2.24) is 4.98 Å². The van der Waals surface area contributed by atoms with Gasteiger partial charge in [0.05, 0.1) is 11.6 Å². The number of nitrogens with zero attached hydrogens (tertiary/aromatic N) is 2. The van der Waals surface area contributed by atoms with Crippen molar-refractivity contribution in [3.05, 3.63) is 95.3 Å². The molecule has 0 radical (unpaired) electrons. The second-order valence-electron chi connectivity index (χ2n) is 9.84. The Morgan fingerprint density at radius 3 is 2.00 bits per heavy atom. The molecule has 4 rings (SSSR count). The largest absolute Gasteiger partial charge is 0.483 e. The molecule has 0 spiro atoms. The van der Waals surface area contributed by atoms with E-state index in [2.05, 4.69) is 4.98 Å². The Morgan fingerprint density at radius 2 is 1.43 bits per heavy atom. The molecule has 1 amide bonds. The number of hydrogen-bond acceptors (Lipinski definition) is 3. The molecule has 2 aromatic carbocycles. The number of alkyl halides is 6. The van der Waals surface area contributed by atoms with Gasteiger partial charge in [-0.2, -0.15) is 26.3 Å². The van der Waals surface area contributed by atoms with Crippen LogP contribution in [0.2, 0.25) is 0 Å². The highest BCUT2D eigenvalue weighted by molar-refractivity contribution is 5.98. The number of anilines is 1. The van der Waals surface area contributed by atoms with Gasteiger partial charge < -0.3 is 4.90 Å². The lowest BCUT2D eigenvalue weighted by molar-refractivity contribution is -0.141. The zero-order valence-corrected chi connectivity index (χ0v) is 21.2. The Morgan fingerprint density at radius 1 is 0.850 bits per heavy atom. The molecule has 1 fully saturated rings. The summed E-state index contributed by atoms with van der Waals surface area (Å²) in [4.78, 5) is 27.0. The third kappa shape index (κ3) is 7.42. The lowest BCUT2D eigenvalue weighted by atomic mass is 9.78. The Hall–Kier alpha value is -3.83. The monoisotopic (exact) mass is 572 g/mol. The topological polar surface area (TPSA) is 50.3 Å². The molecule has 214 valence electrons. The van der Waals surface area contributed by atoms with Crippen LogP contribution in [0.3, 0.4) is 0 Å². The number of rotatable bonds is 5. The van der Waals surface area contributed by atoms with E-state index < -0.39 is 47.3 Å². The first-order valence-electron chi connectivity index (χ1n) is 12.0. The molecule has 12 heteroatoms. The first-order chi connectivity index (χ1) is 18.5. The molecule has 3 aromatic rings. The van der Waals surface area contributed by atoms with Crippen LogP contribution in [-0.4, -0.2) is 17.2 Å². The first kappa shape index (κ1) is 30.7. The molecular weight excluding hydrogens is 548 g/mol. The predicted molar refractivity (Wildman–Crippen MR) is 131 cm³/mol. The van der Waals surface area contributed by atoms with Crippen LogP contribution in [0.4, 0.5) is 45.6 Å². The summed E-state index contributed by atoms with van der Waals surface area (Å²) < 4.78 is 99.2. The van der Waals surface area contributed by atoms with Gasteiger partial charge in [0, 0.05) is 22.7 Å². The summed E-state index contributed by atoms with van der Waals surface area (Å²) in [5.74, 6) is -0.917. The molecule has 0 unspecified atom stereocenters. The van der Waals surface area contributed by atoms with Gasteiger partial charge in [-0.1, -0.05) is 50.2 Å². The van der Waals surface area contributed by atoms with Crippen LogP contribution < -0.4 is 4.90 Å². The second-order valence-corrected chi connectivity index (χ2v) is 9.84. The Labute approximate surface area is 224 Å². The Kier molecular flexibility index (Phi) is 9.00. The molecule has 2 heterocycles. The van der Waals surface area contributed by atoms with Gasteiger partial charge in [0.2, 0.25) is 5.91 Å². The van der Waals surface area contributed by atoms with E-state index in [0.717, 1.165) is 18.2 Å². The highest BCUT2D eigenvalue weighted by Crippen LogP contribution is 2.45. The van der Waals surface area contributed by atoms with Crippen LogP contribution >= 0.6 is 0 Å². The first-order valence-corrected chi connectivity index (χ1v) is 12.0. The molecule has 0 N–H and O–H groups in total. The average Bonchev–Trinajstić information content (AvgIpc) is 3.18. The highest BCUT2D eigenvalue weighted by atomic mass is 19.4. The smallest absolute Gasteiger partial charge is 0.305 e. The summed E-state index contributed by atoms with van der Waals surface area (Å²) in [7, 11) is 0. The van der Waals surface area contributed by atoms with E-state index in [1.807, 2.05) is 0 Å². The van der Waals surface area contributed by atoms with Crippen molar-refractivity contribution < 1.29 is 44.7 Å². The van der Waals surface area contributed by atoms with Gasteiger partial charge in [0.25, 0.3) is 0 Å². The fraction of sp³-hybridized carbons (Fsp3) is 0.321. The van der Waals surface area contributed by atoms with E-state index in [9.17, 15) is 39.9 Å². The number of benzene rings is 2. The second kappa shape index (κ2) is 11.7. The highest BCUT2D eigenvalue weighted by Gasteiger charge is 2.44. The zero-order chi connectivity index (χ0) is 29.9. The fourth-order valence-electron chi connectivity index (χ4n) is 4.79. The lowest BCUT2D eigenvalue weighted by Gasteiger charge is -2.27. The van der Waals surface area contributed by atoms with Crippen molar-refractivity contribution in [2.24, 2.45) is 5.92 Å². The molecular formula is C28H24F8N2O2. The maximum absolute atomic E-state index is 13.6. The number of carbonyl (C=O) groups is 2. The molecule has 1 aliphatic rings. The Bertz CT molecular complexity index is 1340. The van der Waals surface area contributed by atoms with Gasteiger partial charge in [0.1, 0.15) is 5.69 Å². The molecule has 2 atom stereocenters. The van der Waals surface area contributed by atoms with E-state index in [0.29, 0.717) is 11.3 Å². The molecule has 0 saturated carbocycles. The number of aromatic nitrogens is 1. The number of carbonyl (C=O) groups excluding carboxylic acids is 2. The van der Waals surface area contributed by atoms with E-state index in [1.165, 1.54) is 23.1 Å². The summed E-state index contributed by atoms with van der Waals surface area (Å²) in [6, 6.07) is 16.6. The van der Waals surface area contributed by atoms with Crippen molar-refractivity contribution in [1.29, 1.82) is 0 Å². The molecule has 4 nitrogen and oxygen atoms in total. The van der Waals surface area contributed by atoms with Crippen LogP contribution in [0.5, 0.6) is 0 Å². The molecule has 1 aliphatic heterocycles. The van der Waals surface area contributed by atoms with Crippen molar-refractivity contribution >= 4 is 17.9 Å². The SMILES string of the molecule is CC(C)(C[C@@H]1C[C@H](c2cccc(C(F)(F)F)c2)N(c2ccccc2)C1=O)c1cccc(C(F)(F)F)n1.O=C(F)F. The van der Waals surface area contributed by atoms with Gasteiger partial charge in [-0.05, 0) is 54.8 Å². The summed E-state index contributed by atoms with van der Waals surface area (Å²) in [6.07, 6.45) is -11.6. The summed E-state index contributed by atoms with van der Waals surface area (Å²) in [6.45, 7) is 3.43. The van der Waals surface area contributed by atoms with Crippen molar-refractivity contribution in [2.75, 3.05) is 4.90 Å². The number of pyridine rings is 1. The van der Waals surface area contributed by atoms with Crippen LogP contribution in [0, 0.1) is 5.92 Å². The summed E-state index contributed by atoms with van der Waals surface area (Å²) >= 11 is 0. The van der Waals surface area contributed by atoms with Crippen LogP contribution in [0.1, 0.15) is 55.2 Å². The van der Waals surface area contributed by atoms with E-state index >= 15 is 0 Å². The molecule has 40 heavy (non-hydrogen) atoms. The fourth-order valence-corrected chi connectivity index (χ4v) is 4.79. The van der Waals surface area contributed by atoms with Gasteiger partial charge in [-0.3, -0.25) is 4.79 Å². The van der Waals surface area contributed by atoms with Gasteiger partial charge in [0.15, 0.2) is 0 Å². The van der Waals surface area contributed by atoms with E-state index in [1.54, 1.807) is 50.2 Å². The third-order valence-corrected chi connectivity index (χ3v) is 6.53. The predicted octanol–water partition coefficient (Wildman–Crippen LogP) is 8.63. The summed E-state index contributed by atoms with van der Waals surface area (Å²) in [5.41, 5.74) is -1.64. The molecule has 1 saturated heterocycles. The van der Waals surface area contributed by atoms with Crippen molar-refractivity contribution in [2.45, 2.75) is 50.5 Å². The van der Waals surface area contributed by atoms with E-state index in [4.69, 9.17) is 4.79 Å². The number of hydrogen-bond donors (Lipinski definition) is 0. The van der Waals surface area contributed by atoms with E-state index in [-0.39, 0.29) is 24.4 Å². The summed E-state index contributed by atoms with van der Waals surface area (Å²) in [5, 5.41) is 0. The molecule has 1 aromatic heterocycles. The minimum Gasteiger partial charge on any atom is -0.305 e. The third-order valence-electron chi connectivity index (χ3n) is 6.53. The van der Waals surface area contributed by atoms with Crippen LogP contribution in [-0.2, 0) is 22.6 Å². The number of amides is 1. The number of halogens is 8. The minimum absolute atomic E-state index is 0.180. The minimum atomic E-state index is -4.60. The molecule has 0 bridgehead atoms.